The molecule has 0 rings (SSSR count). The van der Waals surface area contributed by atoms with Gasteiger partial charge in [0.2, 0.25) is 0 Å². The fourth-order valence-electron chi connectivity index (χ4n) is 1.98. The Labute approximate surface area is 118 Å². The van der Waals surface area contributed by atoms with Crippen LogP contribution in [0.2, 0.25) is 0 Å². The first-order valence-electron chi connectivity index (χ1n) is 7.79. The molecule has 0 amide bonds. The van der Waals surface area contributed by atoms with E-state index in [1.165, 1.54) is 38.5 Å². The van der Waals surface area contributed by atoms with Crippen LogP contribution in [0.1, 0.15) is 77.6 Å². The highest BCUT2D eigenvalue weighted by Crippen LogP contribution is 2.10. The first-order valence-corrected chi connectivity index (χ1v) is 7.79. The monoisotopic (exact) mass is 266 g/mol. The van der Waals surface area contributed by atoms with Crippen molar-refractivity contribution >= 4 is 5.97 Å². The molecule has 0 unspecified atom stereocenters. The van der Waals surface area contributed by atoms with Gasteiger partial charge in [-0.25, -0.2) is 0 Å². The van der Waals surface area contributed by atoms with Crippen LogP contribution >= 0.6 is 0 Å². The summed E-state index contributed by atoms with van der Waals surface area (Å²) >= 11 is 0. The van der Waals surface area contributed by atoms with E-state index in [4.69, 9.17) is 5.11 Å². The van der Waals surface area contributed by atoms with Gasteiger partial charge in [-0.2, -0.15) is 0 Å². The lowest BCUT2D eigenvalue weighted by molar-refractivity contribution is -0.137. The zero-order valence-electron chi connectivity index (χ0n) is 12.4. The predicted molar refractivity (Wildman–Crippen MR) is 82.4 cm³/mol. The molecule has 0 fully saturated rings. The van der Waals surface area contributed by atoms with Gasteiger partial charge in [0.1, 0.15) is 0 Å². The van der Waals surface area contributed by atoms with Crippen molar-refractivity contribution in [3.63, 3.8) is 0 Å². The van der Waals surface area contributed by atoms with Gasteiger partial charge in [0.15, 0.2) is 0 Å². The van der Waals surface area contributed by atoms with Crippen LogP contribution in [-0.4, -0.2) is 11.1 Å². The fraction of sp³-hybridized carbons (Fsp3) is 0.706. The van der Waals surface area contributed by atoms with E-state index in [-0.39, 0.29) is 0 Å². The molecule has 0 aromatic carbocycles. The maximum Gasteiger partial charge on any atom is 0.303 e. The zero-order valence-corrected chi connectivity index (χ0v) is 12.4. The Morgan fingerprint density at radius 2 is 1.42 bits per heavy atom. The molecule has 0 aliphatic heterocycles. The van der Waals surface area contributed by atoms with Crippen LogP contribution in [0.5, 0.6) is 0 Å². The Morgan fingerprint density at radius 3 is 2.05 bits per heavy atom. The summed E-state index contributed by atoms with van der Waals surface area (Å²) in [6.07, 6.45) is 20.9. The predicted octanol–water partition coefficient (Wildman–Crippen LogP) is 5.49. The molecule has 2 nitrogen and oxygen atoms in total. The van der Waals surface area contributed by atoms with Crippen molar-refractivity contribution < 1.29 is 9.90 Å². The maximum atomic E-state index is 10.3. The van der Waals surface area contributed by atoms with Crippen LogP contribution < -0.4 is 0 Å². The third kappa shape index (κ3) is 16.9. The SMILES string of the molecule is CC/C=C/C/C=C/CCCCCCCCCC(=O)O. The van der Waals surface area contributed by atoms with Crippen molar-refractivity contribution in [1.29, 1.82) is 0 Å². The summed E-state index contributed by atoms with van der Waals surface area (Å²) in [5.74, 6) is -0.666. The van der Waals surface area contributed by atoms with Crippen LogP contribution in [0.3, 0.4) is 0 Å². The molecule has 0 aliphatic carbocycles. The lowest BCUT2D eigenvalue weighted by atomic mass is 10.1. The van der Waals surface area contributed by atoms with Gasteiger partial charge in [0.25, 0.3) is 0 Å². The highest BCUT2D eigenvalue weighted by molar-refractivity contribution is 5.66. The average molecular weight is 266 g/mol. The number of carbonyl (C=O) groups is 1. The van der Waals surface area contributed by atoms with E-state index in [9.17, 15) is 4.79 Å². The van der Waals surface area contributed by atoms with Gasteiger partial charge in [-0.1, -0.05) is 63.3 Å². The number of unbranched alkanes of at least 4 members (excludes halogenated alkanes) is 7. The Morgan fingerprint density at radius 1 is 0.842 bits per heavy atom. The summed E-state index contributed by atoms with van der Waals surface area (Å²) in [6.45, 7) is 2.15. The largest absolute Gasteiger partial charge is 0.481 e. The first-order chi connectivity index (χ1) is 9.27. The molecule has 0 saturated heterocycles. The van der Waals surface area contributed by atoms with Crippen molar-refractivity contribution in [2.75, 3.05) is 0 Å². The van der Waals surface area contributed by atoms with Crippen molar-refractivity contribution in [2.24, 2.45) is 0 Å². The van der Waals surface area contributed by atoms with Crippen LogP contribution in [0.25, 0.3) is 0 Å². The van der Waals surface area contributed by atoms with Crippen molar-refractivity contribution in [3.05, 3.63) is 24.3 Å². The quantitative estimate of drug-likeness (QED) is 0.353. The molecule has 1 N–H and O–H groups in total. The van der Waals surface area contributed by atoms with Gasteiger partial charge in [-0.3, -0.25) is 4.79 Å². The average Bonchev–Trinajstić information content (AvgIpc) is 2.39. The van der Waals surface area contributed by atoms with Gasteiger partial charge in [-0.15, -0.1) is 0 Å². The zero-order chi connectivity index (χ0) is 14.2. The summed E-state index contributed by atoms with van der Waals surface area (Å²) in [5, 5.41) is 8.49. The number of rotatable bonds is 13. The van der Waals surface area contributed by atoms with E-state index < -0.39 is 5.97 Å². The Bertz CT molecular complexity index is 254. The molecule has 0 atom stereocenters. The van der Waals surface area contributed by atoms with Gasteiger partial charge in [0.05, 0.1) is 0 Å². The summed E-state index contributed by atoms with van der Waals surface area (Å²) in [4.78, 5) is 10.3. The lowest BCUT2D eigenvalue weighted by Gasteiger charge is -2.00. The number of hydrogen-bond acceptors (Lipinski definition) is 1. The molecule has 2 heteroatoms. The topological polar surface area (TPSA) is 37.3 Å². The Balaban J connectivity index is 3.10. The molecule has 0 aromatic heterocycles. The van der Waals surface area contributed by atoms with Crippen LogP contribution in [0.4, 0.5) is 0 Å². The van der Waals surface area contributed by atoms with Gasteiger partial charge in [0, 0.05) is 6.42 Å². The Kier molecular flexibility index (Phi) is 14.2. The van der Waals surface area contributed by atoms with Crippen molar-refractivity contribution in [1.82, 2.24) is 0 Å². The van der Waals surface area contributed by atoms with Gasteiger partial charge in [-0.05, 0) is 32.1 Å². The fourth-order valence-corrected chi connectivity index (χ4v) is 1.98. The summed E-state index contributed by atoms with van der Waals surface area (Å²) in [5.41, 5.74) is 0. The first kappa shape index (κ1) is 17.9. The number of aliphatic carboxylic acids is 1. The second kappa shape index (κ2) is 15.0. The third-order valence-corrected chi connectivity index (χ3v) is 3.10. The van der Waals surface area contributed by atoms with E-state index in [1.54, 1.807) is 0 Å². The molecule has 0 heterocycles. The number of carboxylic acid groups (broad SMARTS) is 1. The second-order valence-electron chi connectivity index (χ2n) is 4.99. The van der Waals surface area contributed by atoms with Gasteiger partial charge >= 0.3 is 5.97 Å². The van der Waals surface area contributed by atoms with Crippen molar-refractivity contribution in [3.8, 4) is 0 Å². The number of carboxylic acids is 1. The molecular weight excluding hydrogens is 236 g/mol. The van der Waals surface area contributed by atoms with Crippen LogP contribution in [-0.2, 0) is 4.79 Å². The normalized spacial score (nSPS) is 11.6. The minimum absolute atomic E-state index is 0.331. The molecule has 0 spiro atoms. The second-order valence-corrected chi connectivity index (χ2v) is 4.99. The smallest absolute Gasteiger partial charge is 0.303 e. The minimum Gasteiger partial charge on any atom is -0.481 e. The standard InChI is InChI=1S/C17H30O2/c1-2-3-4-5-6-7-8-9-10-11-12-13-14-15-16-17(18)19/h3-4,6-7H,2,5,8-16H2,1H3,(H,18,19)/b4-3+,7-6+. The summed E-state index contributed by atoms with van der Waals surface area (Å²) in [7, 11) is 0. The van der Waals surface area contributed by atoms with E-state index >= 15 is 0 Å². The molecule has 19 heavy (non-hydrogen) atoms. The van der Waals surface area contributed by atoms with E-state index in [0.29, 0.717) is 6.42 Å². The third-order valence-electron chi connectivity index (χ3n) is 3.10. The van der Waals surface area contributed by atoms with E-state index in [2.05, 4.69) is 31.2 Å². The molecule has 0 radical (unpaired) electrons. The van der Waals surface area contributed by atoms with Crippen LogP contribution in [0.15, 0.2) is 24.3 Å². The molecule has 0 aliphatic rings. The highest BCUT2D eigenvalue weighted by Gasteiger charge is 1.96. The minimum atomic E-state index is -0.666. The molecule has 0 aromatic rings. The number of allylic oxidation sites excluding steroid dienone is 4. The molecular formula is C17H30O2. The molecule has 0 saturated carbocycles. The maximum absolute atomic E-state index is 10.3. The van der Waals surface area contributed by atoms with E-state index in [1.807, 2.05) is 0 Å². The highest BCUT2D eigenvalue weighted by atomic mass is 16.4. The van der Waals surface area contributed by atoms with Gasteiger partial charge < -0.3 is 5.11 Å². The summed E-state index contributed by atoms with van der Waals surface area (Å²) < 4.78 is 0. The molecule has 110 valence electrons. The lowest BCUT2D eigenvalue weighted by Crippen LogP contribution is -1.93. The number of hydrogen-bond donors (Lipinski definition) is 1. The summed E-state index contributed by atoms with van der Waals surface area (Å²) in [6, 6.07) is 0. The Hall–Kier alpha value is -1.05. The van der Waals surface area contributed by atoms with Crippen LogP contribution in [0, 0.1) is 0 Å². The van der Waals surface area contributed by atoms with Crippen molar-refractivity contribution in [2.45, 2.75) is 77.6 Å². The molecule has 0 bridgehead atoms. The van der Waals surface area contributed by atoms with E-state index in [0.717, 1.165) is 25.7 Å².